The van der Waals surface area contributed by atoms with Crippen LogP contribution in [0.4, 0.5) is 0 Å². The summed E-state index contributed by atoms with van der Waals surface area (Å²) in [6, 6.07) is 0. The largest absolute Gasteiger partial charge is 0.396 e. The summed E-state index contributed by atoms with van der Waals surface area (Å²) >= 11 is 0. The lowest BCUT2D eigenvalue weighted by atomic mass is 10.1. The summed E-state index contributed by atoms with van der Waals surface area (Å²) in [7, 11) is 0. The van der Waals surface area contributed by atoms with E-state index in [1.807, 2.05) is 0 Å². The van der Waals surface area contributed by atoms with Gasteiger partial charge in [-0.3, -0.25) is 0 Å². The molecule has 0 amide bonds. The second-order valence-corrected chi connectivity index (χ2v) is 2.32. The number of rotatable bonds is 5. The van der Waals surface area contributed by atoms with Crippen LogP contribution in [-0.2, 0) is 0 Å². The first-order chi connectivity index (χ1) is 5.13. The third kappa shape index (κ3) is 3.64. The van der Waals surface area contributed by atoms with Crippen LogP contribution in [0.25, 0.3) is 0 Å². The normalized spacial score (nSPS) is 19.4. The highest BCUT2D eigenvalue weighted by atomic mass is 16.4. The summed E-state index contributed by atoms with van der Waals surface area (Å²) in [6.45, 7) is -0.875. The van der Waals surface area contributed by atoms with E-state index in [-0.39, 0.29) is 13.0 Å². The lowest BCUT2D eigenvalue weighted by molar-refractivity contribution is -0.0813. The molecular formula is C6H14O5. The molecule has 5 nitrogen and oxygen atoms in total. The minimum absolute atomic E-state index is 0.0156. The van der Waals surface area contributed by atoms with E-state index in [9.17, 15) is 0 Å². The minimum Gasteiger partial charge on any atom is -0.396 e. The zero-order chi connectivity index (χ0) is 8.85. The molecule has 0 saturated carbocycles. The highest BCUT2D eigenvalue weighted by molar-refractivity contribution is 4.73. The smallest absolute Gasteiger partial charge is 0.108 e. The average Bonchev–Trinajstić information content (AvgIpc) is 2.02. The lowest BCUT2D eigenvalue weighted by Crippen LogP contribution is -2.39. The van der Waals surface area contributed by atoms with Crippen LogP contribution >= 0.6 is 0 Å². The van der Waals surface area contributed by atoms with Crippen LogP contribution in [0.3, 0.4) is 0 Å². The van der Waals surface area contributed by atoms with Crippen molar-refractivity contribution >= 4 is 0 Å². The molecule has 0 heterocycles. The van der Waals surface area contributed by atoms with Crippen LogP contribution in [0.2, 0.25) is 0 Å². The molecule has 68 valence electrons. The highest BCUT2D eigenvalue weighted by Gasteiger charge is 2.22. The van der Waals surface area contributed by atoms with Crippen molar-refractivity contribution in [2.45, 2.75) is 24.7 Å². The van der Waals surface area contributed by atoms with Gasteiger partial charge in [-0.05, 0) is 6.42 Å². The molecule has 11 heavy (non-hydrogen) atoms. The maximum Gasteiger partial charge on any atom is 0.108 e. The minimum atomic E-state index is -1.40. The van der Waals surface area contributed by atoms with E-state index in [1.54, 1.807) is 0 Å². The van der Waals surface area contributed by atoms with E-state index in [0.717, 1.165) is 0 Å². The van der Waals surface area contributed by atoms with Crippen LogP contribution in [0, 0.1) is 0 Å². The summed E-state index contributed by atoms with van der Waals surface area (Å²) in [6.07, 6.45) is -3.95. The van der Waals surface area contributed by atoms with Crippen molar-refractivity contribution < 1.29 is 25.5 Å². The van der Waals surface area contributed by atoms with Gasteiger partial charge in [-0.1, -0.05) is 0 Å². The summed E-state index contributed by atoms with van der Waals surface area (Å²) in [5.74, 6) is 0. The Morgan fingerprint density at radius 2 is 1.45 bits per heavy atom. The summed E-state index contributed by atoms with van der Waals surface area (Å²) in [4.78, 5) is 0. The van der Waals surface area contributed by atoms with Crippen molar-refractivity contribution in [3.63, 3.8) is 0 Å². The first-order valence-corrected chi connectivity index (χ1v) is 3.39. The Kier molecular flexibility index (Phi) is 5.35. The Balaban J connectivity index is 3.70. The molecule has 0 fully saturated rings. The van der Waals surface area contributed by atoms with E-state index in [2.05, 4.69) is 0 Å². The fourth-order valence-corrected chi connectivity index (χ4v) is 0.667. The molecule has 0 aliphatic rings. The van der Waals surface area contributed by atoms with Crippen molar-refractivity contribution in [1.29, 1.82) is 0 Å². The molecule has 0 bridgehead atoms. The molecule has 0 saturated heterocycles. The number of aliphatic hydroxyl groups is 5. The topological polar surface area (TPSA) is 101 Å². The summed E-state index contributed by atoms with van der Waals surface area (Å²) < 4.78 is 0. The molecule has 3 atom stereocenters. The molecule has 5 heteroatoms. The molecule has 0 unspecified atom stereocenters. The van der Waals surface area contributed by atoms with Crippen molar-refractivity contribution in [2.24, 2.45) is 0 Å². The van der Waals surface area contributed by atoms with Gasteiger partial charge in [-0.2, -0.15) is 0 Å². The molecule has 0 spiro atoms. The predicted molar refractivity (Wildman–Crippen MR) is 36.8 cm³/mol. The Morgan fingerprint density at radius 1 is 0.909 bits per heavy atom. The van der Waals surface area contributed by atoms with E-state index in [4.69, 9.17) is 25.5 Å². The molecule has 0 aromatic heterocycles. The Bertz CT molecular complexity index is 97.0. The standard InChI is InChI=1S/C6H14O5/c7-2-1-4(9)6(11)5(10)3-8/h4-11H,1-3H2/t4-,5+,6-/m1/s1. The van der Waals surface area contributed by atoms with Gasteiger partial charge in [-0.25, -0.2) is 0 Å². The number of hydrogen-bond acceptors (Lipinski definition) is 5. The quantitative estimate of drug-likeness (QED) is 0.309. The molecule has 5 N–H and O–H groups in total. The van der Waals surface area contributed by atoms with Crippen molar-refractivity contribution in [2.75, 3.05) is 13.2 Å². The number of hydrogen-bond donors (Lipinski definition) is 5. The monoisotopic (exact) mass is 166 g/mol. The zero-order valence-corrected chi connectivity index (χ0v) is 6.09. The van der Waals surface area contributed by atoms with Crippen LogP contribution in [0.15, 0.2) is 0 Å². The van der Waals surface area contributed by atoms with E-state index >= 15 is 0 Å². The van der Waals surface area contributed by atoms with Gasteiger partial charge in [0.25, 0.3) is 0 Å². The molecular weight excluding hydrogens is 152 g/mol. The van der Waals surface area contributed by atoms with Crippen LogP contribution in [0.5, 0.6) is 0 Å². The second-order valence-electron chi connectivity index (χ2n) is 2.32. The van der Waals surface area contributed by atoms with E-state index < -0.39 is 24.9 Å². The van der Waals surface area contributed by atoms with Crippen molar-refractivity contribution in [3.8, 4) is 0 Å². The average molecular weight is 166 g/mol. The first kappa shape index (κ1) is 10.8. The molecule has 0 radical (unpaired) electrons. The summed E-state index contributed by atoms with van der Waals surface area (Å²) in [5, 5.41) is 43.3. The van der Waals surface area contributed by atoms with Crippen molar-refractivity contribution in [1.82, 2.24) is 0 Å². The SMILES string of the molecule is OCC[C@@H](O)[C@@H](O)[C@@H](O)CO. The van der Waals surface area contributed by atoms with Gasteiger partial charge in [0.05, 0.1) is 12.7 Å². The van der Waals surface area contributed by atoms with E-state index in [0.29, 0.717) is 0 Å². The fraction of sp³-hybridized carbons (Fsp3) is 1.00. The van der Waals surface area contributed by atoms with E-state index in [1.165, 1.54) is 0 Å². The maximum absolute atomic E-state index is 8.95. The van der Waals surface area contributed by atoms with Crippen molar-refractivity contribution in [3.05, 3.63) is 0 Å². The second kappa shape index (κ2) is 5.45. The van der Waals surface area contributed by atoms with Gasteiger partial charge in [0.2, 0.25) is 0 Å². The molecule has 0 aromatic rings. The molecule has 0 rings (SSSR count). The lowest BCUT2D eigenvalue weighted by Gasteiger charge is -2.20. The third-order valence-corrected chi connectivity index (χ3v) is 1.40. The van der Waals surface area contributed by atoms with Crippen LogP contribution in [0.1, 0.15) is 6.42 Å². The predicted octanol–water partition coefficient (Wildman–Crippen LogP) is -2.56. The Hall–Kier alpha value is -0.200. The van der Waals surface area contributed by atoms with Gasteiger partial charge in [0, 0.05) is 6.61 Å². The van der Waals surface area contributed by atoms with Gasteiger partial charge in [-0.15, -0.1) is 0 Å². The maximum atomic E-state index is 8.95. The first-order valence-electron chi connectivity index (χ1n) is 3.39. The Labute approximate surface area is 64.5 Å². The van der Waals surface area contributed by atoms with Gasteiger partial charge < -0.3 is 25.5 Å². The van der Waals surface area contributed by atoms with Gasteiger partial charge in [0.1, 0.15) is 12.2 Å². The number of aliphatic hydroxyl groups excluding tert-OH is 5. The van der Waals surface area contributed by atoms with Gasteiger partial charge >= 0.3 is 0 Å². The Morgan fingerprint density at radius 3 is 1.82 bits per heavy atom. The molecule has 0 aromatic carbocycles. The third-order valence-electron chi connectivity index (χ3n) is 1.40. The molecule has 0 aliphatic carbocycles. The van der Waals surface area contributed by atoms with Gasteiger partial charge in [0.15, 0.2) is 0 Å². The summed E-state index contributed by atoms with van der Waals surface area (Å²) in [5.41, 5.74) is 0. The zero-order valence-electron chi connectivity index (χ0n) is 6.09. The highest BCUT2D eigenvalue weighted by Crippen LogP contribution is 2.02. The molecule has 0 aliphatic heterocycles. The fourth-order valence-electron chi connectivity index (χ4n) is 0.667. The van der Waals surface area contributed by atoms with Crippen LogP contribution in [-0.4, -0.2) is 57.1 Å². The van der Waals surface area contributed by atoms with Crippen LogP contribution < -0.4 is 0 Å².